The number of carbonyl (C=O) groups excluding carboxylic acids is 1. The molecule has 0 aliphatic heterocycles. The van der Waals surface area contributed by atoms with Gasteiger partial charge in [-0.1, -0.05) is 30.3 Å². The number of aromatic nitrogens is 1. The van der Waals surface area contributed by atoms with Crippen molar-refractivity contribution in [2.45, 2.75) is 6.92 Å². The summed E-state index contributed by atoms with van der Waals surface area (Å²) < 4.78 is 2.07. The molecule has 0 bridgehead atoms. The van der Waals surface area contributed by atoms with Crippen molar-refractivity contribution in [2.24, 2.45) is 7.05 Å². The number of aryl methyl sites for hydroxylation is 1. The highest BCUT2D eigenvalue weighted by Crippen LogP contribution is 2.30. The molecule has 0 saturated carbocycles. The van der Waals surface area contributed by atoms with Crippen LogP contribution in [-0.4, -0.2) is 10.5 Å². The molecular formula is C17H17N3O. The summed E-state index contributed by atoms with van der Waals surface area (Å²) in [4.78, 5) is 12.4. The first kappa shape index (κ1) is 13.2. The van der Waals surface area contributed by atoms with Crippen LogP contribution in [0.3, 0.4) is 0 Å². The molecular weight excluding hydrogens is 262 g/mol. The maximum absolute atomic E-state index is 12.4. The van der Waals surface area contributed by atoms with E-state index >= 15 is 0 Å². The van der Waals surface area contributed by atoms with Gasteiger partial charge < -0.3 is 15.6 Å². The van der Waals surface area contributed by atoms with Crippen molar-refractivity contribution in [2.75, 3.05) is 11.1 Å². The topological polar surface area (TPSA) is 60.1 Å². The SMILES string of the molecule is Cc1c(NC(=O)c2ccccc2N)c2ccccc2n1C. The van der Waals surface area contributed by atoms with E-state index in [1.165, 1.54) is 0 Å². The number of hydrogen-bond donors (Lipinski definition) is 2. The standard InChI is InChI=1S/C17H17N3O/c1-11-16(13-8-4-6-10-15(13)20(11)2)19-17(21)12-7-3-5-9-14(12)18/h3-10H,18H2,1-2H3,(H,19,21). The Bertz CT molecular complexity index is 833. The Labute approximate surface area is 123 Å². The Balaban J connectivity index is 2.05. The maximum atomic E-state index is 12.4. The molecule has 3 rings (SSSR count). The molecule has 1 aromatic heterocycles. The zero-order valence-electron chi connectivity index (χ0n) is 12.1. The van der Waals surface area contributed by atoms with Gasteiger partial charge in [0.25, 0.3) is 5.91 Å². The number of para-hydroxylation sites is 2. The summed E-state index contributed by atoms with van der Waals surface area (Å²) in [7, 11) is 1.99. The monoisotopic (exact) mass is 279 g/mol. The number of nitrogen functional groups attached to an aromatic ring is 1. The molecule has 0 unspecified atom stereocenters. The zero-order valence-corrected chi connectivity index (χ0v) is 12.1. The van der Waals surface area contributed by atoms with E-state index < -0.39 is 0 Å². The van der Waals surface area contributed by atoms with Crippen molar-refractivity contribution in [3.8, 4) is 0 Å². The molecule has 1 amide bonds. The lowest BCUT2D eigenvalue weighted by atomic mass is 10.1. The smallest absolute Gasteiger partial charge is 0.257 e. The van der Waals surface area contributed by atoms with Gasteiger partial charge in [0.2, 0.25) is 0 Å². The third-order valence-electron chi connectivity index (χ3n) is 3.84. The highest BCUT2D eigenvalue weighted by Gasteiger charge is 2.16. The largest absolute Gasteiger partial charge is 0.398 e. The fourth-order valence-corrected chi connectivity index (χ4v) is 2.56. The van der Waals surface area contributed by atoms with E-state index in [-0.39, 0.29) is 5.91 Å². The number of amides is 1. The number of rotatable bonds is 2. The number of anilines is 2. The van der Waals surface area contributed by atoms with Crippen LogP contribution >= 0.6 is 0 Å². The van der Waals surface area contributed by atoms with Crippen molar-refractivity contribution in [3.63, 3.8) is 0 Å². The van der Waals surface area contributed by atoms with Crippen molar-refractivity contribution in [1.29, 1.82) is 0 Å². The van der Waals surface area contributed by atoms with Gasteiger partial charge in [0.05, 0.1) is 16.8 Å². The Hall–Kier alpha value is -2.75. The first-order valence-corrected chi connectivity index (χ1v) is 6.79. The quantitative estimate of drug-likeness (QED) is 0.707. The number of carbonyl (C=O) groups is 1. The van der Waals surface area contributed by atoms with Gasteiger partial charge in [-0.2, -0.15) is 0 Å². The van der Waals surface area contributed by atoms with E-state index in [1.54, 1.807) is 18.2 Å². The third-order valence-corrected chi connectivity index (χ3v) is 3.84. The number of nitrogens with zero attached hydrogens (tertiary/aromatic N) is 1. The van der Waals surface area contributed by atoms with Gasteiger partial charge >= 0.3 is 0 Å². The second kappa shape index (κ2) is 4.98. The lowest BCUT2D eigenvalue weighted by Gasteiger charge is -2.08. The average Bonchev–Trinajstić information content (AvgIpc) is 2.73. The van der Waals surface area contributed by atoms with Crippen LogP contribution in [0.4, 0.5) is 11.4 Å². The van der Waals surface area contributed by atoms with Crippen LogP contribution in [-0.2, 0) is 7.05 Å². The van der Waals surface area contributed by atoms with Gasteiger partial charge in [0.1, 0.15) is 0 Å². The minimum atomic E-state index is -0.187. The van der Waals surface area contributed by atoms with Crippen LogP contribution in [0.25, 0.3) is 10.9 Å². The minimum Gasteiger partial charge on any atom is -0.398 e. The molecule has 0 saturated heterocycles. The summed E-state index contributed by atoms with van der Waals surface area (Å²) in [5, 5.41) is 4.02. The Morgan fingerprint density at radius 1 is 1.10 bits per heavy atom. The Morgan fingerprint density at radius 3 is 2.52 bits per heavy atom. The molecule has 0 atom stereocenters. The average molecular weight is 279 g/mol. The molecule has 2 aromatic carbocycles. The Kier molecular flexibility index (Phi) is 3.14. The minimum absolute atomic E-state index is 0.187. The first-order valence-electron chi connectivity index (χ1n) is 6.79. The second-order valence-electron chi connectivity index (χ2n) is 5.08. The normalized spacial score (nSPS) is 10.8. The van der Waals surface area contributed by atoms with Gasteiger partial charge in [-0.15, -0.1) is 0 Å². The number of nitrogens with one attached hydrogen (secondary N) is 1. The van der Waals surface area contributed by atoms with Crippen LogP contribution in [0.5, 0.6) is 0 Å². The predicted octanol–water partition coefficient (Wildman–Crippen LogP) is 3.32. The molecule has 3 aromatic rings. The van der Waals surface area contributed by atoms with Crippen LogP contribution < -0.4 is 11.1 Å². The first-order chi connectivity index (χ1) is 10.1. The summed E-state index contributed by atoms with van der Waals surface area (Å²) in [6.45, 7) is 1.99. The van der Waals surface area contributed by atoms with E-state index in [0.717, 1.165) is 22.3 Å². The van der Waals surface area contributed by atoms with Crippen molar-refractivity contribution < 1.29 is 4.79 Å². The van der Waals surface area contributed by atoms with Crippen LogP contribution in [0.2, 0.25) is 0 Å². The molecule has 0 spiro atoms. The van der Waals surface area contributed by atoms with Crippen molar-refractivity contribution in [3.05, 3.63) is 59.8 Å². The number of fused-ring (bicyclic) bond motifs is 1. The van der Waals surface area contributed by atoms with Crippen molar-refractivity contribution >= 4 is 28.2 Å². The highest BCUT2D eigenvalue weighted by molar-refractivity contribution is 6.12. The van der Waals surface area contributed by atoms with Gasteiger partial charge in [0, 0.05) is 23.8 Å². The molecule has 106 valence electrons. The van der Waals surface area contributed by atoms with Gasteiger partial charge in [0.15, 0.2) is 0 Å². The highest BCUT2D eigenvalue weighted by atomic mass is 16.1. The molecule has 3 N–H and O–H groups in total. The lowest BCUT2D eigenvalue weighted by Crippen LogP contribution is -2.14. The lowest BCUT2D eigenvalue weighted by molar-refractivity contribution is 0.102. The molecule has 21 heavy (non-hydrogen) atoms. The summed E-state index contributed by atoms with van der Waals surface area (Å²) in [5.74, 6) is -0.187. The predicted molar refractivity (Wildman–Crippen MR) is 86.5 cm³/mol. The molecule has 0 aliphatic carbocycles. The summed E-state index contributed by atoms with van der Waals surface area (Å²) >= 11 is 0. The number of hydrogen-bond acceptors (Lipinski definition) is 2. The zero-order chi connectivity index (χ0) is 15.0. The summed E-state index contributed by atoms with van der Waals surface area (Å²) in [5.41, 5.74) is 9.77. The fourth-order valence-electron chi connectivity index (χ4n) is 2.56. The molecule has 0 fully saturated rings. The van der Waals surface area contributed by atoms with Gasteiger partial charge in [-0.3, -0.25) is 4.79 Å². The van der Waals surface area contributed by atoms with E-state index in [0.29, 0.717) is 11.3 Å². The van der Waals surface area contributed by atoms with Gasteiger partial charge in [-0.25, -0.2) is 0 Å². The van der Waals surface area contributed by atoms with Crippen LogP contribution in [0.1, 0.15) is 16.1 Å². The van der Waals surface area contributed by atoms with Crippen molar-refractivity contribution in [1.82, 2.24) is 4.57 Å². The molecule has 0 aliphatic rings. The molecule has 4 nitrogen and oxygen atoms in total. The molecule has 4 heteroatoms. The number of benzene rings is 2. The molecule has 1 heterocycles. The van der Waals surface area contributed by atoms with E-state index in [1.807, 2.05) is 44.3 Å². The summed E-state index contributed by atoms with van der Waals surface area (Å²) in [6, 6.07) is 15.1. The van der Waals surface area contributed by atoms with Crippen LogP contribution in [0, 0.1) is 6.92 Å². The maximum Gasteiger partial charge on any atom is 0.257 e. The van der Waals surface area contributed by atoms with E-state index in [4.69, 9.17) is 5.73 Å². The fraction of sp³-hybridized carbons (Fsp3) is 0.118. The number of nitrogens with two attached hydrogens (primary N) is 1. The Morgan fingerprint density at radius 2 is 1.76 bits per heavy atom. The van der Waals surface area contributed by atoms with E-state index in [2.05, 4.69) is 9.88 Å². The van der Waals surface area contributed by atoms with Crippen LogP contribution in [0.15, 0.2) is 48.5 Å². The molecule has 0 radical (unpaired) electrons. The van der Waals surface area contributed by atoms with E-state index in [9.17, 15) is 4.79 Å². The van der Waals surface area contributed by atoms with Gasteiger partial charge in [-0.05, 0) is 25.1 Å². The third kappa shape index (κ3) is 2.14. The second-order valence-corrected chi connectivity index (χ2v) is 5.08. The summed E-state index contributed by atoms with van der Waals surface area (Å²) in [6.07, 6.45) is 0.